The van der Waals surface area contributed by atoms with Crippen molar-refractivity contribution in [3.8, 4) is 0 Å². The molecule has 0 radical (unpaired) electrons. The van der Waals surface area contributed by atoms with Crippen LogP contribution in [0.5, 0.6) is 0 Å². The van der Waals surface area contributed by atoms with Crippen LogP contribution in [0.15, 0.2) is 48.8 Å². The Kier molecular flexibility index (Phi) is 5.66. The first-order valence-corrected chi connectivity index (χ1v) is 7.08. The molecule has 1 unspecified atom stereocenters. The van der Waals surface area contributed by atoms with Crippen molar-refractivity contribution in [1.29, 1.82) is 0 Å². The summed E-state index contributed by atoms with van der Waals surface area (Å²) in [6.07, 6.45) is 3.87. The molecule has 1 aromatic heterocycles. The Morgan fingerprint density at radius 2 is 1.90 bits per heavy atom. The van der Waals surface area contributed by atoms with Crippen LogP contribution in [0.4, 0.5) is 4.79 Å². The summed E-state index contributed by atoms with van der Waals surface area (Å²) < 4.78 is 1.98. The van der Waals surface area contributed by atoms with E-state index in [0.717, 1.165) is 5.56 Å². The minimum absolute atomic E-state index is 0.174. The average Bonchev–Trinajstić information content (AvgIpc) is 2.99. The van der Waals surface area contributed by atoms with E-state index in [2.05, 4.69) is 10.6 Å². The van der Waals surface area contributed by atoms with Crippen LogP contribution in [0.2, 0.25) is 5.02 Å². The van der Waals surface area contributed by atoms with Gasteiger partial charge < -0.3 is 20.3 Å². The number of nitrogens with zero attached hydrogens (tertiary/aromatic N) is 1. The molecule has 1 aromatic carbocycles. The van der Waals surface area contributed by atoms with Crippen LogP contribution in [0.25, 0.3) is 0 Å². The highest BCUT2D eigenvalue weighted by Gasteiger charge is 2.13. The van der Waals surface area contributed by atoms with Crippen molar-refractivity contribution < 1.29 is 9.90 Å². The molecule has 2 amide bonds. The van der Waals surface area contributed by atoms with Crippen molar-refractivity contribution in [3.63, 3.8) is 0 Å². The Hall–Kier alpha value is -1.98. The average molecular weight is 308 g/mol. The second-order valence-electron chi connectivity index (χ2n) is 4.61. The fourth-order valence-electron chi connectivity index (χ4n) is 1.96. The molecule has 0 aliphatic heterocycles. The van der Waals surface area contributed by atoms with Crippen molar-refractivity contribution in [2.75, 3.05) is 13.2 Å². The van der Waals surface area contributed by atoms with Gasteiger partial charge in [0.15, 0.2) is 0 Å². The standard InChI is InChI=1S/C15H18ClN3O2/c16-13-5-3-12(4-6-13)14(11-20)18-15(21)17-7-10-19-8-1-2-9-19/h1-6,8-9,14,20H,7,10-11H2,(H2,17,18,21). The van der Waals surface area contributed by atoms with Gasteiger partial charge in [0, 0.05) is 30.5 Å². The lowest BCUT2D eigenvalue weighted by atomic mass is 10.1. The van der Waals surface area contributed by atoms with E-state index in [1.807, 2.05) is 29.1 Å². The van der Waals surface area contributed by atoms with E-state index in [-0.39, 0.29) is 12.6 Å². The number of carbonyl (C=O) groups is 1. The van der Waals surface area contributed by atoms with Crippen LogP contribution in [0.1, 0.15) is 11.6 Å². The van der Waals surface area contributed by atoms with Crippen molar-refractivity contribution in [2.45, 2.75) is 12.6 Å². The number of hydrogen-bond acceptors (Lipinski definition) is 2. The molecule has 0 fully saturated rings. The molecular weight excluding hydrogens is 290 g/mol. The number of amides is 2. The molecule has 112 valence electrons. The molecule has 2 rings (SSSR count). The molecule has 21 heavy (non-hydrogen) atoms. The van der Waals surface area contributed by atoms with Gasteiger partial charge in [-0.1, -0.05) is 23.7 Å². The van der Waals surface area contributed by atoms with Gasteiger partial charge in [-0.2, -0.15) is 0 Å². The van der Waals surface area contributed by atoms with Gasteiger partial charge in [-0.15, -0.1) is 0 Å². The van der Waals surface area contributed by atoms with Gasteiger partial charge >= 0.3 is 6.03 Å². The number of aromatic nitrogens is 1. The van der Waals surface area contributed by atoms with Gasteiger partial charge in [0.05, 0.1) is 12.6 Å². The number of rotatable bonds is 6. The highest BCUT2D eigenvalue weighted by Crippen LogP contribution is 2.15. The number of carbonyl (C=O) groups excluding carboxylic acids is 1. The minimum atomic E-state index is -0.450. The maximum absolute atomic E-state index is 11.8. The summed E-state index contributed by atoms with van der Waals surface area (Å²) in [6.45, 7) is 1.04. The van der Waals surface area contributed by atoms with Gasteiger partial charge in [-0.05, 0) is 29.8 Å². The first-order chi connectivity index (χ1) is 10.2. The monoisotopic (exact) mass is 307 g/mol. The topological polar surface area (TPSA) is 66.3 Å². The third kappa shape index (κ3) is 4.81. The van der Waals surface area contributed by atoms with E-state index in [4.69, 9.17) is 11.6 Å². The summed E-state index contributed by atoms with van der Waals surface area (Å²) >= 11 is 5.82. The van der Waals surface area contributed by atoms with Gasteiger partial charge in [-0.25, -0.2) is 4.79 Å². The third-order valence-corrected chi connectivity index (χ3v) is 3.33. The maximum Gasteiger partial charge on any atom is 0.315 e. The van der Waals surface area contributed by atoms with E-state index < -0.39 is 6.04 Å². The molecule has 0 aliphatic rings. The molecular formula is C15H18ClN3O2. The zero-order chi connectivity index (χ0) is 15.1. The van der Waals surface area contributed by atoms with Crippen LogP contribution in [0, 0.1) is 0 Å². The summed E-state index contributed by atoms with van der Waals surface area (Å²) in [4.78, 5) is 11.8. The number of aliphatic hydroxyl groups is 1. The van der Waals surface area contributed by atoms with Gasteiger partial charge in [0.1, 0.15) is 0 Å². The second-order valence-corrected chi connectivity index (χ2v) is 5.04. The Bertz CT molecular complexity index is 555. The van der Waals surface area contributed by atoms with Crippen molar-refractivity contribution in [2.24, 2.45) is 0 Å². The number of urea groups is 1. The van der Waals surface area contributed by atoms with E-state index in [9.17, 15) is 9.90 Å². The lowest BCUT2D eigenvalue weighted by molar-refractivity contribution is 0.216. The van der Waals surface area contributed by atoms with Crippen LogP contribution < -0.4 is 10.6 Å². The second kappa shape index (κ2) is 7.71. The van der Waals surface area contributed by atoms with E-state index in [1.54, 1.807) is 24.3 Å². The number of aliphatic hydroxyl groups excluding tert-OH is 1. The first-order valence-electron chi connectivity index (χ1n) is 6.70. The zero-order valence-corrected chi connectivity index (χ0v) is 12.3. The minimum Gasteiger partial charge on any atom is -0.394 e. The van der Waals surface area contributed by atoms with Crippen molar-refractivity contribution >= 4 is 17.6 Å². The fourth-order valence-corrected chi connectivity index (χ4v) is 2.08. The summed E-state index contributed by atoms with van der Waals surface area (Å²) in [5.41, 5.74) is 0.808. The molecule has 0 bridgehead atoms. The predicted molar refractivity (Wildman–Crippen MR) is 82.2 cm³/mol. The van der Waals surface area contributed by atoms with E-state index >= 15 is 0 Å². The molecule has 0 aliphatic carbocycles. The van der Waals surface area contributed by atoms with Crippen LogP contribution in [0.3, 0.4) is 0 Å². The highest BCUT2D eigenvalue weighted by atomic mass is 35.5. The Morgan fingerprint density at radius 3 is 2.52 bits per heavy atom. The third-order valence-electron chi connectivity index (χ3n) is 3.08. The fraction of sp³-hybridized carbons (Fsp3) is 0.267. The van der Waals surface area contributed by atoms with Gasteiger partial charge in [0.2, 0.25) is 0 Å². The number of hydrogen-bond donors (Lipinski definition) is 3. The lowest BCUT2D eigenvalue weighted by Crippen LogP contribution is -2.40. The smallest absolute Gasteiger partial charge is 0.315 e. The van der Waals surface area contributed by atoms with E-state index in [0.29, 0.717) is 18.1 Å². The summed E-state index contributed by atoms with van der Waals surface area (Å²) in [6, 6.07) is 10.1. The Balaban J connectivity index is 1.80. The first kappa shape index (κ1) is 15.4. The van der Waals surface area contributed by atoms with E-state index in [1.165, 1.54) is 0 Å². The Labute approximate surface area is 128 Å². The zero-order valence-electron chi connectivity index (χ0n) is 11.5. The number of nitrogens with one attached hydrogen (secondary N) is 2. The molecule has 5 nitrogen and oxygen atoms in total. The molecule has 6 heteroatoms. The molecule has 0 spiro atoms. The summed E-state index contributed by atoms with van der Waals surface area (Å²) in [7, 11) is 0. The Morgan fingerprint density at radius 1 is 1.24 bits per heavy atom. The summed E-state index contributed by atoms with van der Waals surface area (Å²) in [5.74, 6) is 0. The normalized spacial score (nSPS) is 11.9. The molecule has 0 saturated heterocycles. The molecule has 1 heterocycles. The highest BCUT2D eigenvalue weighted by molar-refractivity contribution is 6.30. The lowest BCUT2D eigenvalue weighted by Gasteiger charge is -2.17. The SMILES string of the molecule is O=C(NCCn1cccc1)NC(CO)c1ccc(Cl)cc1. The molecule has 0 saturated carbocycles. The quantitative estimate of drug-likeness (QED) is 0.766. The molecule has 3 N–H and O–H groups in total. The van der Waals surface area contributed by atoms with Gasteiger partial charge in [-0.3, -0.25) is 0 Å². The predicted octanol–water partition coefficient (Wildman–Crippen LogP) is 2.17. The number of halogens is 1. The molecule has 1 atom stereocenters. The maximum atomic E-state index is 11.8. The summed E-state index contributed by atoms with van der Waals surface area (Å²) in [5, 5.41) is 15.5. The van der Waals surface area contributed by atoms with Crippen LogP contribution in [-0.4, -0.2) is 28.9 Å². The van der Waals surface area contributed by atoms with Crippen LogP contribution >= 0.6 is 11.6 Å². The van der Waals surface area contributed by atoms with Crippen molar-refractivity contribution in [1.82, 2.24) is 15.2 Å². The largest absolute Gasteiger partial charge is 0.394 e. The van der Waals surface area contributed by atoms with Crippen LogP contribution in [-0.2, 0) is 6.54 Å². The van der Waals surface area contributed by atoms with Crippen molar-refractivity contribution in [3.05, 3.63) is 59.4 Å². The number of benzene rings is 1. The molecule has 2 aromatic rings. The van der Waals surface area contributed by atoms with Gasteiger partial charge in [0.25, 0.3) is 0 Å².